The molecule has 1 aliphatic rings. The van der Waals surface area contributed by atoms with E-state index in [2.05, 4.69) is 15.0 Å². The number of H-pyrrole nitrogens is 3. The molecule has 3 heterocycles. The molecule has 3 aromatic heterocycles. The summed E-state index contributed by atoms with van der Waals surface area (Å²) in [7, 11) is 3.29. The first-order chi connectivity index (χ1) is 15.7. The van der Waals surface area contributed by atoms with Crippen molar-refractivity contribution in [2.75, 3.05) is 14.2 Å². The fourth-order valence-electron chi connectivity index (χ4n) is 5.04. The standard InChI is InChI=1S/C26H21N3O3/c1-31-15-3-5-22-17(11-15)20(13-28-22)26(19-9-10-27-24(19)7-8-25(26)30)21-14-29-23-6-4-16(32-2)12-18(21)23/h3-14,27-29H,1-2H3. The highest BCUT2D eigenvalue weighted by Gasteiger charge is 2.48. The number of aromatic amines is 3. The largest absolute Gasteiger partial charge is 0.497 e. The predicted octanol–water partition coefficient (Wildman–Crippen LogP) is 4.92. The lowest BCUT2D eigenvalue weighted by atomic mass is 9.64. The molecule has 0 radical (unpaired) electrons. The van der Waals surface area contributed by atoms with Gasteiger partial charge in [0, 0.05) is 57.2 Å². The molecular weight excluding hydrogens is 402 g/mol. The van der Waals surface area contributed by atoms with Gasteiger partial charge in [-0.25, -0.2) is 0 Å². The molecule has 6 rings (SSSR count). The zero-order valence-corrected chi connectivity index (χ0v) is 17.7. The van der Waals surface area contributed by atoms with Crippen LogP contribution in [0.5, 0.6) is 11.5 Å². The molecule has 158 valence electrons. The highest BCUT2D eigenvalue weighted by Crippen LogP contribution is 2.49. The number of ether oxygens (including phenoxy) is 2. The monoisotopic (exact) mass is 423 g/mol. The van der Waals surface area contributed by atoms with Crippen molar-refractivity contribution in [2.24, 2.45) is 0 Å². The second kappa shape index (κ2) is 6.65. The molecular formula is C26H21N3O3. The number of methoxy groups -OCH3 is 2. The Hall–Kier alpha value is -4.19. The van der Waals surface area contributed by atoms with Crippen molar-refractivity contribution in [2.45, 2.75) is 5.41 Å². The smallest absolute Gasteiger partial charge is 0.175 e. The summed E-state index contributed by atoms with van der Waals surface area (Å²) in [5, 5.41) is 1.88. The number of allylic oxidation sites excluding steroid dienone is 1. The lowest BCUT2D eigenvalue weighted by Crippen LogP contribution is -2.39. The summed E-state index contributed by atoms with van der Waals surface area (Å²) in [5.41, 5.74) is 4.43. The van der Waals surface area contributed by atoms with Crippen molar-refractivity contribution >= 4 is 33.7 Å². The molecule has 0 atom stereocenters. The number of hydrogen-bond acceptors (Lipinski definition) is 3. The van der Waals surface area contributed by atoms with Gasteiger partial charge in [0.2, 0.25) is 0 Å². The molecule has 2 aromatic carbocycles. The summed E-state index contributed by atoms with van der Waals surface area (Å²) in [6.07, 6.45) is 9.28. The van der Waals surface area contributed by atoms with Crippen molar-refractivity contribution in [1.82, 2.24) is 15.0 Å². The number of hydrogen-bond donors (Lipinski definition) is 3. The first kappa shape index (κ1) is 18.6. The van der Waals surface area contributed by atoms with Crippen LogP contribution < -0.4 is 9.47 Å². The van der Waals surface area contributed by atoms with Crippen molar-refractivity contribution in [3.8, 4) is 11.5 Å². The Balaban J connectivity index is 1.77. The normalized spacial score (nSPS) is 14.8. The Labute approximate surface area is 183 Å². The van der Waals surface area contributed by atoms with Crippen LogP contribution in [0.1, 0.15) is 22.4 Å². The number of carbonyl (C=O) groups is 1. The van der Waals surface area contributed by atoms with Gasteiger partial charge in [-0.3, -0.25) is 4.79 Å². The number of fused-ring (bicyclic) bond motifs is 3. The Morgan fingerprint density at radius 2 is 1.31 bits per heavy atom. The Morgan fingerprint density at radius 3 is 1.88 bits per heavy atom. The maximum atomic E-state index is 14.0. The number of benzene rings is 2. The molecule has 0 amide bonds. The first-order valence-corrected chi connectivity index (χ1v) is 10.4. The van der Waals surface area contributed by atoms with Gasteiger partial charge in [0.1, 0.15) is 16.9 Å². The molecule has 0 saturated carbocycles. The fraction of sp³-hybridized carbons (Fsp3) is 0.115. The van der Waals surface area contributed by atoms with E-state index in [1.165, 1.54) is 0 Å². The minimum Gasteiger partial charge on any atom is -0.497 e. The topological polar surface area (TPSA) is 82.9 Å². The van der Waals surface area contributed by atoms with Gasteiger partial charge in [-0.15, -0.1) is 0 Å². The second-order valence-electron chi connectivity index (χ2n) is 7.98. The summed E-state index contributed by atoms with van der Waals surface area (Å²) in [5.74, 6) is 1.47. The van der Waals surface area contributed by atoms with Crippen LogP contribution in [-0.4, -0.2) is 35.0 Å². The summed E-state index contributed by atoms with van der Waals surface area (Å²) in [6.45, 7) is 0. The lowest BCUT2D eigenvalue weighted by Gasteiger charge is -2.34. The summed E-state index contributed by atoms with van der Waals surface area (Å²) >= 11 is 0. The van der Waals surface area contributed by atoms with Gasteiger partial charge in [0.05, 0.1) is 14.2 Å². The predicted molar refractivity (Wildman–Crippen MR) is 124 cm³/mol. The zero-order valence-electron chi connectivity index (χ0n) is 17.7. The van der Waals surface area contributed by atoms with E-state index >= 15 is 0 Å². The number of nitrogens with one attached hydrogen (secondary N) is 3. The number of rotatable bonds is 4. The quantitative estimate of drug-likeness (QED) is 0.383. The van der Waals surface area contributed by atoms with E-state index in [-0.39, 0.29) is 5.78 Å². The minimum absolute atomic E-state index is 0.00274. The zero-order chi connectivity index (χ0) is 21.9. The van der Waals surface area contributed by atoms with Crippen LogP contribution in [0.25, 0.3) is 27.9 Å². The Morgan fingerprint density at radius 1 is 0.719 bits per heavy atom. The molecule has 0 spiro atoms. The van der Waals surface area contributed by atoms with Gasteiger partial charge in [0.25, 0.3) is 0 Å². The average molecular weight is 423 g/mol. The van der Waals surface area contributed by atoms with E-state index in [9.17, 15) is 4.79 Å². The van der Waals surface area contributed by atoms with E-state index in [1.54, 1.807) is 20.3 Å². The molecule has 1 aliphatic carbocycles. The van der Waals surface area contributed by atoms with Crippen LogP contribution in [0, 0.1) is 0 Å². The summed E-state index contributed by atoms with van der Waals surface area (Å²) < 4.78 is 11.0. The van der Waals surface area contributed by atoms with Crippen molar-refractivity contribution in [3.05, 3.63) is 89.5 Å². The van der Waals surface area contributed by atoms with E-state index in [1.807, 2.05) is 67.1 Å². The van der Waals surface area contributed by atoms with Crippen LogP contribution in [0.2, 0.25) is 0 Å². The van der Waals surface area contributed by atoms with Crippen LogP contribution in [-0.2, 0) is 10.2 Å². The molecule has 0 saturated heterocycles. The van der Waals surface area contributed by atoms with E-state index in [0.29, 0.717) is 0 Å². The molecule has 6 nitrogen and oxygen atoms in total. The van der Waals surface area contributed by atoms with Crippen molar-refractivity contribution in [1.29, 1.82) is 0 Å². The maximum Gasteiger partial charge on any atom is 0.175 e. The SMILES string of the molecule is COc1ccc2[nH]cc(C3(c4c[nH]c5ccc(OC)cc45)C(=O)C=Cc4[nH]ccc43)c2c1. The van der Waals surface area contributed by atoms with E-state index < -0.39 is 5.41 Å². The van der Waals surface area contributed by atoms with Gasteiger partial charge in [-0.2, -0.15) is 0 Å². The van der Waals surface area contributed by atoms with Crippen LogP contribution >= 0.6 is 0 Å². The number of ketones is 1. The molecule has 3 N–H and O–H groups in total. The summed E-state index contributed by atoms with van der Waals surface area (Å²) in [6, 6.07) is 13.7. The molecule has 6 heteroatoms. The Kier molecular flexibility index (Phi) is 3.86. The number of carbonyl (C=O) groups excluding carboxylic acids is 1. The Bertz CT molecular complexity index is 1450. The third-order valence-corrected chi connectivity index (χ3v) is 6.54. The van der Waals surface area contributed by atoms with Gasteiger partial charge in [-0.05, 0) is 60.2 Å². The van der Waals surface area contributed by atoms with Gasteiger partial charge < -0.3 is 24.4 Å². The third-order valence-electron chi connectivity index (χ3n) is 6.54. The highest BCUT2D eigenvalue weighted by atomic mass is 16.5. The minimum atomic E-state index is -1.04. The molecule has 5 aromatic rings. The van der Waals surface area contributed by atoms with Crippen LogP contribution in [0.15, 0.2) is 67.1 Å². The van der Waals surface area contributed by atoms with Gasteiger partial charge in [-0.1, -0.05) is 0 Å². The van der Waals surface area contributed by atoms with Crippen molar-refractivity contribution in [3.63, 3.8) is 0 Å². The van der Waals surface area contributed by atoms with Crippen LogP contribution in [0.4, 0.5) is 0 Å². The second-order valence-corrected chi connectivity index (χ2v) is 7.98. The van der Waals surface area contributed by atoms with Crippen LogP contribution in [0.3, 0.4) is 0 Å². The molecule has 32 heavy (non-hydrogen) atoms. The molecule has 0 fully saturated rings. The third kappa shape index (κ3) is 2.32. The first-order valence-electron chi connectivity index (χ1n) is 10.4. The van der Waals surface area contributed by atoms with Gasteiger partial charge in [0.15, 0.2) is 5.78 Å². The molecule has 0 unspecified atom stereocenters. The van der Waals surface area contributed by atoms with Crippen molar-refractivity contribution < 1.29 is 14.3 Å². The maximum absolute atomic E-state index is 14.0. The molecule has 0 bridgehead atoms. The number of aromatic nitrogens is 3. The van der Waals surface area contributed by atoms with E-state index in [4.69, 9.17) is 9.47 Å². The highest BCUT2D eigenvalue weighted by molar-refractivity contribution is 6.14. The summed E-state index contributed by atoms with van der Waals surface area (Å²) in [4.78, 5) is 24.0. The van der Waals surface area contributed by atoms with Gasteiger partial charge >= 0.3 is 0 Å². The fourth-order valence-corrected chi connectivity index (χ4v) is 5.04. The average Bonchev–Trinajstić information content (AvgIpc) is 3.57. The van der Waals surface area contributed by atoms with E-state index in [0.717, 1.165) is 55.7 Å². The molecule has 0 aliphatic heterocycles. The lowest BCUT2D eigenvalue weighted by molar-refractivity contribution is -0.117.